The minimum absolute atomic E-state index is 0.00763. The second-order valence-electron chi connectivity index (χ2n) is 8.94. The summed E-state index contributed by atoms with van der Waals surface area (Å²) in [6, 6.07) is 14.1. The van der Waals surface area contributed by atoms with Crippen LogP contribution in [0.15, 0.2) is 48.5 Å². The molecule has 0 saturated carbocycles. The van der Waals surface area contributed by atoms with Crippen molar-refractivity contribution in [3.05, 3.63) is 64.7 Å². The van der Waals surface area contributed by atoms with Crippen molar-refractivity contribution in [3.63, 3.8) is 0 Å². The van der Waals surface area contributed by atoms with Gasteiger partial charge in [-0.1, -0.05) is 29.8 Å². The topological polar surface area (TPSA) is 73.0 Å². The molecule has 2 saturated heterocycles. The first-order valence-corrected chi connectivity index (χ1v) is 11.9. The summed E-state index contributed by atoms with van der Waals surface area (Å²) in [5.41, 5.74) is 2.53. The van der Waals surface area contributed by atoms with Crippen LogP contribution in [-0.4, -0.2) is 64.3 Å². The van der Waals surface area contributed by atoms with Crippen LogP contribution in [0.3, 0.4) is 0 Å². The number of amides is 4. The van der Waals surface area contributed by atoms with Crippen LogP contribution in [0.5, 0.6) is 0 Å². The van der Waals surface area contributed by atoms with Crippen molar-refractivity contribution >= 4 is 35.1 Å². The van der Waals surface area contributed by atoms with Crippen molar-refractivity contribution in [2.24, 2.45) is 0 Å². The molecule has 5 rings (SSSR count). The van der Waals surface area contributed by atoms with E-state index in [2.05, 4.69) is 5.32 Å². The van der Waals surface area contributed by atoms with E-state index in [4.69, 9.17) is 11.6 Å². The fraction of sp³-hybridized carbons (Fsp3) is 0.400. The number of benzene rings is 2. The van der Waals surface area contributed by atoms with Gasteiger partial charge in [0.2, 0.25) is 5.91 Å². The van der Waals surface area contributed by atoms with Crippen molar-refractivity contribution in [1.29, 1.82) is 0 Å². The Labute approximate surface area is 198 Å². The number of urea groups is 1. The van der Waals surface area contributed by atoms with E-state index in [0.29, 0.717) is 43.3 Å². The van der Waals surface area contributed by atoms with Crippen LogP contribution in [-0.2, 0) is 11.3 Å². The van der Waals surface area contributed by atoms with Crippen LogP contribution in [0.1, 0.15) is 41.6 Å². The average molecular weight is 467 g/mol. The summed E-state index contributed by atoms with van der Waals surface area (Å²) in [5.74, 6) is 0.101. The molecule has 1 N–H and O–H groups in total. The number of likely N-dealkylation sites (tertiary alicyclic amines) is 2. The number of rotatable bonds is 3. The van der Waals surface area contributed by atoms with Gasteiger partial charge >= 0.3 is 6.03 Å². The number of piperidine rings is 1. The van der Waals surface area contributed by atoms with E-state index < -0.39 is 6.04 Å². The molecule has 1 unspecified atom stereocenters. The van der Waals surface area contributed by atoms with Gasteiger partial charge in [-0.2, -0.15) is 0 Å². The lowest BCUT2D eigenvalue weighted by Crippen LogP contribution is -2.53. The fourth-order valence-electron chi connectivity index (χ4n) is 5.18. The normalized spacial score (nSPS) is 20.8. The third kappa shape index (κ3) is 4.29. The Balaban J connectivity index is 1.18. The number of carbonyl (C=O) groups is 3. The predicted molar refractivity (Wildman–Crippen MR) is 126 cm³/mol. The van der Waals surface area contributed by atoms with Crippen LogP contribution in [0.4, 0.5) is 10.5 Å². The highest BCUT2D eigenvalue weighted by Crippen LogP contribution is 2.29. The Morgan fingerprint density at radius 3 is 2.39 bits per heavy atom. The van der Waals surface area contributed by atoms with Crippen LogP contribution in [0.25, 0.3) is 0 Å². The van der Waals surface area contributed by atoms with E-state index in [1.807, 2.05) is 34.1 Å². The number of anilines is 1. The lowest BCUT2D eigenvalue weighted by Gasteiger charge is -2.38. The molecule has 4 amide bonds. The summed E-state index contributed by atoms with van der Waals surface area (Å²) in [6.45, 7) is 2.42. The van der Waals surface area contributed by atoms with Gasteiger partial charge in [0.15, 0.2) is 0 Å². The monoisotopic (exact) mass is 466 g/mol. The van der Waals surface area contributed by atoms with Crippen molar-refractivity contribution in [1.82, 2.24) is 14.7 Å². The van der Waals surface area contributed by atoms with E-state index in [1.54, 1.807) is 29.2 Å². The molecule has 33 heavy (non-hydrogen) atoms. The maximum absolute atomic E-state index is 13.3. The molecule has 2 aromatic rings. The van der Waals surface area contributed by atoms with E-state index >= 15 is 0 Å². The molecule has 0 spiro atoms. The van der Waals surface area contributed by atoms with Crippen molar-refractivity contribution in [2.75, 3.05) is 25.0 Å². The number of fused-ring (bicyclic) bond motifs is 1. The number of halogens is 1. The lowest BCUT2D eigenvalue weighted by molar-refractivity contribution is -0.136. The molecular weight excluding hydrogens is 440 g/mol. The molecule has 3 heterocycles. The lowest BCUT2D eigenvalue weighted by atomic mass is 10.0. The molecule has 2 fully saturated rings. The smallest absolute Gasteiger partial charge is 0.322 e. The molecule has 3 aliphatic rings. The van der Waals surface area contributed by atoms with Crippen molar-refractivity contribution in [2.45, 2.75) is 44.3 Å². The van der Waals surface area contributed by atoms with Gasteiger partial charge in [-0.15, -0.1) is 0 Å². The highest BCUT2D eigenvalue weighted by molar-refractivity contribution is 6.30. The number of carbonyl (C=O) groups excluding carboxylic acids is 3. The summed E-state index contributed by atoms with van der Waals surface area (Å²) in [6.07, 6.45) is 3.00. The highest BCUT2D eigenvalue weighted by Gasteiger charge is 2.39. The first kappa shape index (κ1) is 21.8. The molecule has 0 aromatic heterocycles. The van der Waals surface area contributed by atoms with Gasteiger partial charge in [0, 0.05) is 48.5 Å². The Bertz CT molecular complexity index is 1070. The van der Waals surface area contributed by atoms with E-state index in [0.717, 1.165) is 30.4 Å². The van der Waals surface area contributed by atoms with Gasteiger partial charge in [-0.25, -0.2) is 4.79 Å². The van der Waals surface area contributed by atoms with Gasteiger partial charge in [-0.3, -0.25) is 9.59 Å². The van der Waals surface area contributed by atoms with Crippen LogP contribution < -0.4 is 5.32 Å². The molecule has 0 bridgehead atoms. The van der Waals surface area contributed by atoms with E-state index in [-0.39, 0.29) is 23.9 Å². The van der Waals surface area contributed by atoms with Crippen LogP contribution >= 0.6 is 11.6 Å². The second kappa shape index (κ2) is 9.06. The molecule has 0 aliphatic carbocycles. The zero-order chi connectivity index (χ0) is 22.9. The summed E-state index contributed by atoms with van der Waals surface area (Å²) in [4.78, 5) is 44.4. The molecule has 172 valence electrons. The minimum Gasteiger partial charge on any atom is -0.341 e. The SMILES string of the molecule is O=C(C1CCCN1C(=O)Nc1ccc(Cl)cc1)N1CCC(N2Cc3ccccc3C2=O)CC1. The van der Waals surface area contributed by atoms with Gasteiger partial charge in [0.05, 0.1) is 0 Å². The largest absolute Gasteiger partial charge is 0.341 e. The van der Waals surface area contributed by atoms with Gasteiger partial charge < -0.3 is 20.0 Å². The number of hydrogen-bond donors (Lipinski definition) is 1. The Hall–Kier alpha value is -3.06. The predicted octanol–water partition coefficient (Wildman–Crippen LogP) is 3.98. The summed E-state index contributed by atoms with van der Waals surface area (Å²) < 4.78 is 0. The van der Waals surface area contributed by atoms with E-state index in [9.17, 15) is 14.4 Å². The Morgan fingerprint density at radius 2 is 1.67 bits per heavy atom. The standard InChI is InChI=1S/C25H27ClN4O3/c26-18-7-9-19(10-8-18)27-25(33)29-13-3-6-22(29)24(32)28-14-11-20(12-15-28)30-16-17-4-1-2-5-21(17)23(30)31/h1-2,4-5,7-10,20,22H,3,6,11-16H2,(H,27,33). The second-order valence-corrected chi connectivity index (χ2v) is 9.37. The first-order chi connectivity index (χ1) is 16.0. The number of hydrogen-bond acceptors (Lipinski definition) is 3. The molecule has 8 heteroatoms. The Morgan fingerprint density at radius 1 is 0.939 bits per heavy atom. The zero-order valence-electron chi connectivity index (χ0n) is 18.4. The molecule has 7 nitrogen and oxygen atoms in total. The summed E-state index contributed by atoms with van der Waals surface area (Å²) >= 11 is 5.91. The quantitative estimate of drug-likeness (QED) is 0.743. The third-order valence-corrected chi connectivity index (χ3v) is 7.21. The van der Waals surface area contributed by atoms with Gasteiger partial charge in [0.1, 0.15) is 6.04 Å². The van der Waals surface area contributed by atoms with Gasteiger partial charge in [0.25, 0.3) is 5.91 Å². The first-order valence-electron chi connectivity index (χ1n) is 11.5. The summed E-state index contributed by atoms with van der Waals surface area (Å²) in [7, 11) is 0. The van der Waals surface area contributed by atoms with Crippen molar-refractivity contribution < 1.29 is 14.4 Å². The average Bonchev–Trinajstić information content (AvgIpc) is 3.46. The van der Waals surface area contributed by atoms with Crippen LogP contribution in [0, 0.1) is 0 Å². The Kier molecular flexibility index (Phi) is 5.98. The van der Waals surface area contributed by atoms with Gasteiger partial charge in [-0.05, 0) is 61.6 Å². The highest BCUT2D eigenvalue weighted by atomic mass is 35.5. The molecular formula is C25H27ClN4O3. The molecule has 3 aliphatic heterocycles. The van der Waals surface area contributed by atoms with Crippen LogP contribution in [0.2, 0.25) is 5.02 Å². The number of nitrogens with zero attached hydrogens (tertiary/aromatic N) is 3. The summed E-state index contributed by atoms with van der Waals surface area (Å²) in [5, 5.41) is 3.47. The molecule has 2 aromatic carbocycles. The van der Waals surface area contributed by atoms with Crippen molar-refractivity contribution in [3.8, 4) is 0 Å². The molecule has 1 atom stereocenters. The van der Waals surface area contributed by atoms with E-state index in [1.165, 1.54) is 0 Å². The maximum Gasteiger partial charge on any atom is 0.322 e. The maximum atomic E-state index is 13.3. The minimum atomic E-state index is -0.438. The third-order valence-electron chi connectivity index (χ3n) is 6.96. The number of nitrogens with one attached hydrogen (secondary N) is 1. The fourth-order valence-corrected chi connectivity index (χ4v) is 5.30. The molecule has 0 radical (unpaired) electrons. The zero-order valence-corrected chi connectivity index (χ0v) is 19.1.